The predicted molar refractivity (Wildman–Crippen MR) is 120 cm³/mol. The third-order valence-corrected chi connectivity index (χ3v) is 6.48. The van der Waals surface area contributed by atoms with E-state index < -0.39 is 11.7 Å². The number of benzene rings is 2. The molecule has 3 heterocycles. The number of aryl methyl sites for hydroxylation is 4. The zero-order valence-corrected chi connectivity index (χ0v) is 18.5. The molecule has 33 heavy (non-hydrogen) atoms. The maximum Gasteiger partial charge on any atom is 0.416 e. The van der Waals surface area contributed by atoms with Gasteiger partial charge in [-0.15, -0.1) is 0 Å². The largest absolute Gasteiger partial charge is 0.416 e. The molecule has 0 saturated heterocycles. The van der Waals surface area contributed by atoms with Crippen molar-refractivity contribution in [3.63, 3.8) is 0 Å². The first kappa shape index (κ1) is 21.4. The molecule has 0 bridgehead atoms. The van der Waals surface area contributed by atoms with Crippen LogP contribution in [0, 0.1) is 20.8 Å². The Hall–Kier alpha value is -3.48. The molecular formula is C26H22F3N3O. The summed E-state index contributed by atoms with van der Waals surface area (Å²) in [6, 6.07) is 11.1. The minimum atomic E-state index is -4.39. The van der Waals surface area contributed by atoms with E-state index in [1.807, 2.05) is 32.9 Å². The predicted octanol–water partition coefficient (Wildman–Crippen LogP) is 6.41. The monoisotopic (exact) mass is 449 g/mol. The molecule has 4 nitrogen and oxygen atoms in total. The fourth-order valence-corrected chi connectivity index (χ4v) is 4.76. The molecule has 2 aromatic carbocycles. The van der Waals surface area contributed by atoms with Gasteiger partial charge in [0.2, 0.25) is 0 Å². The van der Waals surface area contributed by atoms with Crippen molar-refractivity contribution in [1.82, 2.24) is 14.8 Å². The van der Waals surface area contributed by atoms with Gasteiger partial charge in [0.05, 0.1) is 28.9 Å². The van der Waals surface area contributed by atoms with E-state index in [0.29, 0.717) is 35.3 Å². The van der Waals surface area contributed by atoms with E-state index in [4.69, 9.17) is 0 Å². The van der Waals surface area contributed by atoms with E-state index in [1.165, 1.54) is 6.07 Å². The van der Waals surface area contributed by atoms with Crippen LogP contribution in [0.3, 0.4) is 0 Å². The Morgan fingerprint density at radius 1 is 0.970 bits per heavy atom. The number of carbonyl (C=O) groups is 1. The number of fused-ring (bicyclic) bond motifs is 2. The molecule has 0 N–H and O–H groups in total. The summed E-state index contributed by atoms with van der Waals surface area (Å²) in [6.07, 6.45) is -1.95. The highest BCUT2D eigenvalue weighted by atomic mass is 19.4. The second kappa shape index (κ2) is 7.54. The molecule has 168 valence electrons. The first-order valence-corrected chi connectivity index (χ1v) is 10.8. The summed E-state index contributed by atoms with van der Waals surface area (Å²) in [4.78, 5) is 17.8. The third-order valence-electron chi connectivity index (χ3n) is 6.48. The summed E-state index contributed by atoms with van der Waals surface area (Å²) in [5, 5.41) is 4.74. The maximum absolute atomic E-state index is 13.2. The average Bonchev–Trinajstić information content (AvgIpc) is 3.16. The lowest BCUT2D eigenvalue weighted by Crippen LogP contribution is -2.26. The Morgan fingerprint density at radius 2 is 1.76 bits per heavy atom. The zero-order chi connectivity index (χ0) is 23.5. The normalized spacial score (nSPS) is 16.3. The summed E-state index contributed by atoms with van der Waals surface area (Å²) in [7, 11) is 0. The average molecular weight is 449 g/mol. The van der Waals surface area contributed by atoms with Gasteiger partial charge in [-0.1, -0.05) is 12.1 Å². The van der Waals surface area contributed by atoms with Gasteiger partial charge in [0, 0.05) is 17.5 Å². The number of nitrogens with zero attached hydrogens (tertiary/aromatic N) is 3. The van der Waals surface area contributed by atoms with E-state index in [2.05, 4.69) is 10.1 Å². The third kappa shape index (κ3) is 3.61. The molecule has 0 saturated carbocycles. The molecule has 1 unspecified atom stereocenters. The number of hydrogen-bond donors (Lipinski definition) is 0. The Labute approximate surface area is 189 Å². The first-order valence-electron chi connectivity index (χ1n) is 10.8. The Balaban J connectivity index is 1.52. The molecule has 1 atom stereocenters. The Kier molecular flexibility index (Phi) is 4.88. The molecule has 0 amide bonds. The molecule has 0 spiro atoms. The van der Waals surface area contributed by atoms with Gasteiger partial charge < -0.3 is 0 Å². The molecule has 4 aromatic rings. The molecule has 5 rings (SSSR count). The summed E-state index contributed by atoms with van der Waals surface area (Å²) in [6.45, 7) is 6.57. The quantitative estimate of drug-likeness (QED) is 0.355. The van der Waals surface area contributed by atoms with Gasteiger partial charge in [-0.25, -0.2) is 4.98 Å². The number of hydrogen-bond acceptors (Lipinski definition) is 3. The van der Waals surface area contributed by atoms with Crippen LogP contribution in [0.4, 0.5) is 13.2 Å². The van der Waals surface area contributed by atoms with Crippen LogP contribution in [-0.4, -0.2) is 20.5 Å². The van der Waals surface area contributed by atoms with Crippen LogP contribution in [0.2, 0.25) is 0 Å². The van der Waals surface area contributed by atoms with Gasteiger partial charge in [0.25, 0.3) is 0 Å². The molecule has 2 aromatic heterocycles. The van der Waals surface area contributed by atoms with Crippen LogP contribution in [0.5, 0.6) is 0 Å². The molecular weight excluding hydrogens is 427 g/mol. The number of pyridine rings is 1. The fourth-order valence-electron chi connectivity index (χ4n) is 4.76. The van der Waals surface area contributed by atoms with Crippen molar-refractivity contribution in [1.29, 1.82) is 0 Å². The van der Waals surface area contributed by atoms with E-state index in [1.54, 1.807) is 23.0 Å². The molecule has 0 aliphatic carbocycles. The Morgan fingerprint density at radius 3 is 2.52 bits per heavy atom. The second-order valence-corrected chi connectivity index (χ2v) is 8.73. The highest BCUT2D eigenvalue weighted by molar-refractivity contribution is 6.01. The van der Waals surface area contributed by atoms with Crippen LogP contribution in [0.15, 0.2) is 48.7 Å². The van der Waals surface area contributed by atoms with Gasteiger partial charge in [0.15, 0.2) is 5.78 Å². The minimum absolute atomic E-state index is 0.0933. The molecule has 0 radical (unpaired) electrons. The van der Waals surface area contributed by atoms with Crippen molar-refractivity contribution >= 4 is 16.7 Å². The highest BCUT2D eigenvalue weighted by Crippen LogP contribution is 2.36. The lowest BCUT2D eigenvalue weighted by atomic mass is 9.82. The lowest BCUT2D eigenvalue weighted by molar-refractivity contribution is -0.137. The molecule has 1 aliphatic heterocycles. The van der Waals surface area contributed by atoms with E-state index in [-0.39, 0.29) is 11.7 Å². The van der Waals surface area contributed by atoms with Crippen molar-refractivity contribution in [2.24, 2.45) is 0 Å². The maximum atomic E-state index is 13.2. The van der Waals surface area contributed by atoms with Gasteiger partial charge in [0.1, 0.15) is 5.69 Å². The summed E-state index contributed by atoms with van der Waals surface area (Å²) < 4.78 is 40.8. The van der Waals surface area contributed by atoms with Crippen molar-refractivity contribution in [2.75, 3.05) is 0 Å². The number of carbonyl (C=O) groups excluding carboxylic acids is 1. The van der Waals surface area contributed by atoms with Crippen molar-refractivity contribution in [3.8, 4) is 11.3 Å². The fraction of sp³-hybridized carbons (Fsp3) is 0.269. The van der Waals surface area contributed by atoms with Crippen LogP contribution in [0.25, 0.3) is 22.2 Å². The van der Waals surface area contributed by atoms with Gasteiger partial charge >= 0.3 is 6.18 Å². The number of halogens is 3. The minimum Gasteiger partial charge on any atom is -0.292 e. The summed E-state index contributed by atoms with van der Waals surface area (Å²) in [5.41, 5.74) is 5.96. The van der Waals surface area contributed by atoms with E-state index in [0.717, 1.165) is 39.9 Å². The SMILES string of the molecule is Cc1cc(C2CCn3ncc(C)c3C2=O)c(C)cc1-c1ccc2cc(C(F)(F)F)ccc2n1. The van der Waals surface area contributed by atoms with Crippen LogP contribution >= 0.6 is 0 Å². The number of alkyl halides is 3. The number of aromatic nitrogens is 3. The molecule has 1 aliphatic rings. The summed E-state index contributed by atoms with van der Waals surface area (Å²) in [5.74, 6) is -0.123. The standard InChI is InChI=1S/C26H22F3N3O/c1-14-11-21(23-6-4-17-12-18(26(27,28)29)5-7-22(17)31-23)15(2)10-20(14)19-8-9-32-24(25(19)33)16(3)13-30-32/h4-7,10-13,19H,8-9H2,1-3H3. The van der Waals surface area contributed by atoms with Crippen molar-refractivity contribution in [3.05, 3.63) is 82.2 Å². The van der Waals surface area contributed by atoms with E-state index in [9.17, 15) is 18.0 Å². The van der Waals surface area contributed by atoms with Gasteiger partial charge in [-0.2, -0.15) is 18.3 Å². The lowest BCUT2D eigenvalue weighted by Gasteiger charge is -2.25. The van der Waals surface area contributed by atoms with Crippen molar-refractivity contribution in [2.45, 2.75) is 45.8 Å². The summed E-state index contributed by atoms with van der Waals surface area (Å²) >= 11 is 0. The van der Waals surface area contributed by atoms with Crippen LogP contribution in [0.1, 0.15) is 50.6 Å². The van der Waals surface area contributed by atoms with Crippen molar-refractivity contribution < 1.29 is 18.0 Å². The smallest absolute Gasteiger partial charge is 0.292 e. The topological polar surface area (TPSA) is 47.8 Å². The molecule has 7 heteroatoms. The number of ketones is 1. The Bertz CT molecular complexity index is 1420. The van der Waals surface area contributed by atoms with Crippen LogP contribution < -0.4 is 0 Å². The zero-order valence-electron chi connectivity index (χ0n) is 18.5. The van der Waals surface area contributed by atoms with Gasteiger partial charge in [-0.05, 0) is 79.8 Å². The van der Waals surface area contributed by atoms with E-state index >= 15 is 0 Å². The molecule has 0 fully saturated rings. The van der Waals surface area contributed by atoms with Gasteiger partial charge in [-0.3, -0.25) is 9.48 Å². The van der Waals surface area contributed by atoms with Crippen LogP contribution in [-0.2, 0) is 12.7 Å². The number of rotatable bonds is 2. The number of Topliss-reactive ketones (excluding diaryl/α,β-unsaturated/α-hetero) is 1. The first-order chi connectivity index (χ1) is 15.6. The second-order valence-electron chi connectivity index (χ2n) is 8.73. The highest BCUT2D eigenvalue weighted by Gasteiger charge is 2.32.